The minimum absolute atomic E-state index is 0.614. The molecule has 3 fully saturated rings. The van der Waals surface area contributed by atoms with Gasteiger partial charge in [0.25, 0.3) is 0 Å². The lowest BCUT2D eigenvalue weighted by Gasteiger charge is -2.27. The van der Waals surface area contributed by atoms with Crippen molar-refractivity contribution in [1.29, 1.82) is 0 Å². The van der Waals surface area contributed by atoms with E-state index in [-0.39, 0.29) is 0 Å². The van der Waals surface area contributed by atoms with Crippen LogP contribution in [0.4, 0.5) is 0 Å². The van der Waals surface area contributed by atoms with E-state index in [2.05, 4.69) is 47.5 Å². The first-order valence-corrected chi connectivity index (χ1v) is 8.78. The molecule has 1 aromatic rings. The summed E-state index contributed by atoms with van der Waals surface area (Å²) in [6, 6.07) is 12.6. The standard InChI is InChI=1S/C19H28N2/c1-15-6-5-11-21(15)14-19(9-10-19)13-20-18-12-17(18)16-7-3-2-4-8-16/h2-4,7-8,15,17-18,20H,5-6,9-14H2,1H3/t15-,17?,18-/m0/s1. The van der Waals surface area contributed by atoms with Gasteiger partial charge in [0.2, 0.25) is 0 Å². The number of nitrogens with zero attached hydrogens (tertiary/aromatic N) is 1. The monoisotopic (exact) mass is 284 g/mol. The molecule has 2 aliphatic carbocycles. The van der Waals surface area contributed by atoms with Gasteiger partial charge < -0.3 is 10.2 Å². The molecule has 0 radical (unpaired) electrons. The summed E-state index contributed by atoms with van der Waals surface area (Å²) in [4.78, 5) is 2.73. The van der Waals surface area contributed by atoms with Crippen molar-refractivity contribution in [3.8, 4) is 0 Å². The van der Waals surface area contributed by atoms with Crippen molar-refractivity contribution in [2.45, 2.75) is 57.0 Å². The molecule has 0 spiro atoms. The second-order valence-corrected chi connectivity index (χ2v) is 7.70. The van der Waals surface area contributed by atoms with Crippen LogP contribution in [0.5, 0.6) is 0 Å². The number of benzene rings is 1. The van der Waals surface area contributed by atoms with E-state index in [0.29, 0.717) is 5.41 Å². The molecule has 2 nitrogen and oxygen atoms in total. The van der Waals surface area contributed by atoms with Gasteiger partial charge in [0.15, 0.2) is 0 Å². The molecule has 2 saturated carbocycles. The van der Waals surface area contributed by atoms with Crippen LogP contribution in [0.25, 0.3) is 0 Å². The second kappa shape index (κ2) is 5.40. The Kier molecular flexibility index (Phi) is 3.55. The maximum atomic E-state index is 3.87. The first-order valence-electron chi connectivity index (χ1n) is 8.78. The SMILES string of the molecule is C[C@H]1CCCN1CC1(CN[C@H]2CC2c2ccccc2)CC1. The first kappa shape index (κ1) is 13.8. The molecule has 114 valence electrons. The van der Waals surface area contributed by atoms with E-state index in [9.17, 15) is 0 Å². The maximum absolute atomic E-state index is 3.87. The lowest BCUT2D eigenvalue weighted by Crippen LogP contribution is -2.38. The number of hydrogen-bond donors (Lipinski definition) is 1. The highest BCUT2D eigenvalue weighted by Gasteiger charge is 2.47. The van der Waals surface area contributed by atoms with Gasteiger partial charge in [-0.3, -0.25) is 0 Å². The van der Waals surface area contributed by atoms with Crippen molar-refractivity contribution < 1.29 is 0 Å². The largest absolute Gasteiger partial charge is 0.313 e. The van der Waals surface area contributed by atoms with Gasteiger partial charge in [-0.05, 0) is 56.6 Å². The van der Waals surface area contributed by atoms with Gasteiger partial charge in [0.1, 0.15) is 0 Å². The fourth-order valence-corrected chi connectivity index (χ4v) is 4.06. The number of hydrogen-bond acceptors (Lipinski definition) is 2. The summed E-state index contributed by atoms with van der Waals surface area (Å²) >= 11 is 0. The van der Waals surface area contributed by atoms with Crippen molar-refractivity contribution in [3.63, 3.8) is 0 Å². The summed E-state index contributed by atoms with van der Waals surface area (Å²) < 4.78 is 0. The van der Waals surface area contributed by atoms with E-state index in [1.54, 1.807) is 0 Å². The van der Waals surface area contributed by atoms with Crippen LogP contribution in [0, 0.1) is 5.41 Å². The summed E-state index contributed by atoms with van der Waals surface area (Å²) in [5, 5.41) is 3.87. The van der Waals surface area contributed by atoms with E-state index >= 15 is 0 Å². The zero-order valence-electron chi connectivity index (χ0n) is 13.2. The van der Waals surface area contributed by atoms with Crippen LogP contribution in [0.3, 0.4) is 0 Å². The molecule has 2 heteroatoms. The minimum Gasteiger partial charge on any atom is -0.313 e. The van der Waals surface area contributed by atoms with Gasteiger partial charge in [0, 0.05) is 31.1 Å². The quantitative estimate of drug-likeness (QED) is 0.861. The zero-order chi connectivity index (χ0) is 14.3. The highest BCUT2D eigenvalue weighted by Crippen LogP contribution is 2.48. The average molecular weight is 284 g/mol. The molecule has 0 aromatic heterocycles. The number of nitrogens with one attached hydrogen (secondary N) is 1. The molecule has 1 aromatic carbocycles. The Labute approximate surface area is 128 Å². The third kappa shape index (κ3) is 3.02. The van der Waals surface area contributed by atoms with Gasteiger partial charge in [-0.1, -0.05) is 30.3 Å². The Morgan fingerprint density at radius 2 is 2.05 bits per heavy atom. The zero-order valence-corrected chi connectivity index (χ0v) is 13.2. The predicted molar refractivity (Wildman–Crippen MR) is 87.5 cm³/mol. The van der Waals surface area contributed by atoms with Crippen LogP contribution in [-0.2, 0) is 0 Å². The van der Waals surface area contributed by atoms with Crippen molar-refractivity contribution in [1.82, 2.24) is 10.2 Å². The lowest BCUT2D eigenvalue weighted by atomic mass is 10.1. The van der Waals surface area contributed by atoms with Gasteiger partial charge in [-0.25, -0.2) is 0 Å². The summed E-state index contributed by atoms with van der Waals surface area (Å²) in [5.74, 6) is 0.771. The summed E-state index contributed by atoms with van der Waals surface area (Å²) in [6.45, 7) is 6.32. The van der Waals surface area contributed by atoms with Gasteiger partial charge >= 0.3 is 0 Å². The highest BCUT2D eigenvalue weighted by atomic mass is 15.2. The summed E-state index contributed by atoms with van der Waals surface area (Å²) in [5.41, 5.74) is 2.13. The van der Waals surface area contributed by atoms with Crippen LogP contribution in [0.15, 0.2) is 30.3 Å². The molecule has 21 heavy (non-hydrogen) atoms. The third-order valence-corrected chi connectivity index (χ3v) is 5.94. The molecular formula is C19H28N2. The molecule has 0 amide bonds. The van der Waals surface area contributed by atoms with Crippen molar-refractivity contribution in [2.24, 2.45) is 5.41 Å². The third-order valence-electron chi connectivity index (χ3n) is 5.94. The van der Waals surface area contributed by atoms with E-state index in [1.165, 1.54) is 57.3 Å². The molecule has 3 aliphatic rings. The van der Waals surface area contributed by atoms with Crippen LogP contribution < -0.4 is 5.32 Å². The van der Waals surface area contributed by atoms with Crippen molar-refractivity contribution in [2.75, 3.05) is 19.6 Å². The molecule has 3 atom stereocenters. The second-order valence-electron chi connectivity index (χ2n) is 7.70. The molecule has 1 N–H and O–H groups in total. The van der Waals surface area contributed by atoms with Crippen molar-refractivity contribution >= 4 is 0 Å². The van der Waals surface area contributed by atoms with Gasteiger partial charge in [0.05, 0.1) is 0 Å². The average Bonchev–Trinajstić information content (AvgIpc) is 3.40. The first-order chi connectivity index (χ1) is 10.3. The predicted octanol–water partition coefficient (Wildman–Crippen LogP) is 3.40. The molecule has 1 unspecified atom stereocenters. The lowest BCUT2D eigenvalue weighted by molar-refractivity contribution is 0.210. The topological polar surface area (TPSA) is 15.3 Å². The molecular weight excluding hydrogens is 256 g/mol. The van der Waals surface area contributed by atoms with E-state index in [0.717, 1.165) is 18.0 Å². The van der Waals surface area contributed by atoms with Crippen LogP contribution in [0.2, 0.25) is 0 Å². The normalized spacial score (nSPS) is 34.0. The smallest absolute Gasteiger partial charge is 0.0143 e. The molecule has 1 saturated heterocycles. The Morgan fingerprint density at radius 1 is 1.24 bits per heavy atom. The minimum atomic E-state index is 0.614. The van der Waals surface area contributed by atoms with E-state index in [4.69, 9.17) is 0 Å². The Hall–Kier alpha value is -0.860. The Morgan fingerprint density at radius 3 is 2.71 bits per heavy atom. The molecule has 4 rings (SSSR count). The van der Waals surface area contributed by atoms with Crippen LogP contribution in [0.1, 0.15) is 50.5 Å². The van der Waals surface area contributed by atoms with E-state index < -0.39 is 0 Å². The molecule has 1 heterocycles. The summed E-state index contributed by atoms with van der Waals surface area (Å²) in [7, 11) is 0. The van der Waals surface area contributed by atoms with Gasteiger partial charge in [-0.15, -0.1) is 0 Å². The Bertz CT molecular complexity index is 480. The maximum Gasteiger partial charge on any atom is 0.0143 e. The fourth-order valence-electron chi connectivity index (χ4n) is 4.06. The highest BCUT2D eigenvalue weighted by molar-refractivity contribution is 5.27. The van der Waals surface area contributed by atoms with E-state index in [1.807, 2.05) is 0 Å². The van der Waals surface area contributed by atoms with Gasteiger partial charge in [-0.2, -0.15) is 0 Å². The van der Waals surface area contributed by atoms with Crippen molar-refractivity contribution in [3.05, 3.63) is 35.9 Å². The fraction of sp³-hybridized carbons (Fsp3) is 0.684. The number of likely N-dealkylation sites (tertiary alicyclic amines) is 1. The Balaban J connectivity index is 1.26. The molecule has 1 aliphatic heterocycles. The van der Waals surface area contributed by atoms with Crippen LogP contribution in [-0.4, -0.2) is 36.6 Å². The number of rotatable bonds is 6. The summed E-state index contributed by atoms with van der Waals surface area (Å²) in [6.07, 6.45) is 7.02. The van der Waals surface area contributed by atoms with Crippen LogP contribution >= 0.6 is 0 Å². The molecule has 0 bridgehead atoms.